The number of aliphatic hydroxyl groups is 2. The van der Waals surface area contributed by atoms with Gasteiger partial charge in [-0.05, 0) is 113 Å². The molecule has 0 spiro atoms. The van der Waals surface area contributed by atoms with Crippen LogP contribution in [0.2, 0.25) is 0 Å². The Labute approximate surface area is 330 Å². The molecule has 6 N–H and O–H groups in total. The van der Waals surface area contributed by atoms with Crippen molar-refractivity contribution < 1.29 is 34.2 Å². The van der Waals surface area contributed by atoms with E-state index >= 15 is 0 Å². The molecule has 12 nitrogen and oxygen atoms in total. The minimum Gasteiger partial charge on any atom is -0.394 e. The first-order valence-electron chi connectivity index (χ1n) is 22.0. The predicted octanol–water partition coefficient (Wildman–Crippen LogP) is 3.87. The normalized spacial score (nSPS) is 40.6. The van der Waals surface area contributed by atoms with Gasteiger partial charge in [0.2, 0.25) is 17.7 Å². The Morgan fingerprint density at radius 2 is 1.73 bits per heavy atom. The Balaban J connectivity index is 1.15. The summed E-state index contributed by atoms with van der Waals surface area (Å²) < 4.78 is 6.39. The molecule has 7 rings (SSSR count). The molecule has 314 valence electrons. The summed E-state index contributed by atoms with van der Waals surface area (Å²) in [6.45, 7) is 8.82. The second-order valence-corrected chi connectivity index (χ2v) is 19.8. The molecule has 0 radical (unpaired) electrons. The lowest BCUT2D eigenvalue weighted by Crippen LogP contribution is -2.62. The highest BCUT2D eigenvalue weighted by atomic mass is 16.7. The van der Waals surface area contributed by atoms with Crippen molar-refractivity contribution in [2.45, 2.75) is 160 Å². The van der Waals surface area contributed by atoms with E-state index in [2.05, 4.69) is 50.4 Å². The Morgan fingerprint density at radius 3 is 2.33 bits per heavy atom. The third-order valence-corrected chi connectivity index (χ3v) is 16.1. The van der Waals surface area contributed by atoms with Gasteiger partial charge in [-0.25, -0.2) is 0 Å². The molecule has 0 aromatic heterocycles. The number of primary amides is 1. The second kappa shape index (κ2) is 18.0. The summed E-state index contributed by atoms with van der Waals surface area (Å²) >= 11 is 0. The fourth-order valence-corrected chi connectivity index (χ4v) is 12.7. The van der Waals surface area contributed by atoms with E-state index in [1.54, 1.807) is 19.1 Å². The third-order valence-electron chi connectivity index (χ3n) is 16.1. The van der Waals surface area contributed by atoms with Gasteiger partial charge in [-0.2, -0.15) is 5.06 Å². The number of methoxy groups -OCH3 is 1. The maximum Gasteiger partial charge on any atom is 0.240 e. The van der Waals surface area contributed by atoms with Gasteiger partial charge in [-0.3, -0.25) is 19.2 Å². The summed E-state index contributed by atoms with van der Waals surface area (Å²) in [6.07, 6.45) is 12.2. The average molecular weight is 774 g/mol. The van der Waals surface area contributed by atoms with Crippen LogP contribution in [0.25, 0.3) is 0 Å². The molecule has 7 aliphatic rings. The van der Waals surface area contributed by atoms with E-state index in [0.29, 0.717) is 42.1 Å². The molecule has 7 fully saturated rings. The number of nitrogens with zero attached hydrogens (tertiary/aromatic N) is 2. The SMILES string of the molecule is COC1C(CN2O[C@@H](CO)[C@@H]([C@H](C)O)[C@H]2C(=O)N[C@H]2C[C@H]3C[C@@H]([C@@H]2C)C3(C)C)CCCC1C1CC(C(=O)N[C@@H](CC2CCCCC2)C(N)=O)CC(N(C)C)C1. The summed E-state index contributed by atoms with van der Waals surface area (Å²) in [5, 5.41) is 29.7. The zero-order valence-electron chi connectivity index (χ0n) is 35.0. The minimum absolute atomic E-state index is 0.0509. The van der Waals surface area contributed by atoms with Crippen LogP contribution in [-0.2, 0) is 24.0 Å². The highest BCUT2D eigenvalue weighted by molar-refractivity contribution is 5.87. The van der Waals surface area contributed by atoms with Crippen LogP contribution in [0.4, 0.5) is 0 Å². The van der Waals surface area contributed by atoms with Crippen molar-refractivity contribution in [2.75, 3.05) is 34.4 Å². The molecule has 6 unspecified atom stereocenters. The zero-order valence-corrected chi connectivity index (χ0v) is 35.0. The number of nitrogens with two attached hydrogens (primary N) is 1. The van der Waals surface area contributed by atoms with Crippen LogP contribution in [0.5, 0.6) is 0 Å². The van der Waals surface area contributed by atoms with E-state index in [1.165, 1.54) is 25.7 Å². The van der Waals surface area contributed by atoms with Gasteiger partial charge < -0.3 is 36.2 Å². The lowest BCUT2D eigenvalue weighted by molar-refractivity contribution is -0.193. The first-order valence-corrected chi connectivity index (χ1v) is 22.0. The molecule has 1 heterocycles. The highest BCUT2D eigenvalue weighted by Crippen LogP contribution is 2.61. The van der Waals surface area contributed by atoms with Crippen molar-refractivity contribution in [2.24, 2.45) is 64.4 Å². The molecule has 3 amide bonds. The van der Waals surface area contributed by atoms with Crippen LogP contribution in [0.15, 0.2) is 0 Å². The van der Waals surface area contributed by atoms with E-state index in [4.69, 9.17) is 15.3 Å². The van der Waals surface area contributed by atoms with Crippen molar-refractivity contribution in [3.05, 3.63) is 0 Å². The molecule has 1 aliphatic heterocycles. The first-order chi connectivity index (χ1) is 26.1. The molecular formula is C43H75N5O7. The van der Waals surface area contributed by atoms with Crippen molar-refractivity contribution in [3.63, 3.8) is 0 Å². The summed E-state index contributed by atoms with van der Waals surface area (Å²) in [5.41, 5.74) is 6.17. The van der Waals surface area contributed by atoms with Crippen molar-refractivity contribution >= 4 is 17.7 Å². The van der Waals surface area contributed by atoms with Crippen molar-refractivity contribution in [3.8, 4) is 0 Å². The molecule has 6 saturated carbocycles. The maximum absolute atomic E-state index is 14.3. The topological polar surface area (TPSA) is 167 Å². The van der Waals surface area contributed by atoms with Crippen LogP contribution < -0.4 is 16.4 Å². The smallest absolute Gasteiger partial charge is 0.240 e. The number of ether oxygens (including phenoxy) is 1. The Bertz CT molecular complexity index is 1320. The summed E-state index contributed by atoms with van der Waals surface area (Å²) in [5.74, 6) is 0.985. The second-order valence-electron chi connectivity index (χ2n) is 19.8. The number of carbonyl (C=O) groups excluding carboxylic acids is 3. The average Bonchev–Trinajstić information content (AvgIpc) is 3.53. The van der Waals surface area contributed by atoms with Crippen molar-refractivity contribution in [1.29, 1.82) is 0 Å². The van der Waals surface area contributed by atoms with E-state index in [0.717, 1.165) is 57.8 Å². The van der Waals surface area contributed by atoms with Gasteiger partial charge in [0.05, 0.1) is 18.8 Å². The van der Waals surface area contributed by atoms with Gasteiger partial charge in [0.15, 0.2) is 0 Å². The van der Waals surface area contributed by atoms with E-state index in [1.807, 2.05) is 0 Å². The number of carbonyl (C=O) groups is 3. The van der Waals surface area contributed by atoms with E-state index < -0.39 is 36.1 Å². The lowest BCUT2D eigenvalue weighted by atomic mass is 9.45. The van der Waals surface area contributed by atoms with E-state index in [-0.39, 0.29) is 60.3 Å². The van der Waals surface area contributed by atoms with Gasteiger partial charge in [-0.1, -0.05) is 59.3 Å². The molecule has 2 bridgehead atoms. The largest absolute Gasteiger partial charge is 0.394 e. The first kappa shape index (κ1) is 42.8. The number of fused-ring (bicyclic) bond motifs is 2. The fraction of sp³-hybridized carbons (Fsp3) is 0.930. The minimum atomic E-state index is -0.851. The van der Waals surface area contributed by atoms with Gasteiger partial charge >= 0.3 is 0 Å². The van der Waals surface area contributed by atoms with Crippen LogP contribution in [-0.4, -0.2) is 115 Å². The standard InChI is InChI=1S/C43H75N5O7/c1-24-33-20-30(43(33,3)4)21-34(24)45-42(53)38-37(25(2)50)36(23-49)55-48(38)22-27-14-11-15-32(39(27)54-7)28-17-29(19-31(18-28)47(5)6)41(52)46-35(40(44)51)16-26-12-9-8-10-13-26/h24-39,49-50H,8-23H2,1-7H3,(H2,44,51)(H,45,53)(H,46,52)/t24-,25-,27?,28?,29?,30+,31?,32?,33-,34-,35-,36-,37+,38-,39?/m0/s1. The lowest BCUT2D eigenvalue weighted by Gasteiger charge is -2.62. The quantitative estimate of drug-likeness (QED) is 0.176. The molecule has 0 aromatic carbocycles. The molecule has 1 saturated heterocycles. The molecule has 6 aliphatic carbocycles. The van der Waals surface area contributed by atoms with Crippen LogP contribution in [0.3, 0.4) is 0 Å². The summed E-state index contributed by atoms with van der Waals surface area (Å²) in [6, 6.07) is -1.09. The predicted molar refractivity (Wildman–Crippen MR) is 211 cm³/mol. The number of nitrogens with one attached hydrogen (secondary N) is 2. The highest BCUT2D eigenvalue weighted by Gasteiger charge is 2.58. The van der Waals surface area contributed by atoms with Gasteiger partial charge in [-0.15, -0.1) is 0 Å². The van der Waals surface area contributed by atoms with Crippen LogP contribution in [0.1, 0.15) is 118 Å². The molecule has 15 atom stereocenters. The Kier molecular flexibility index (Phi) is 14.0. The molecule has 12 heteroatoms. The number of rotatable bonds is 14. The number of hydroxylamine groups is 2. The molecular weight excluding hydrogens is 699 g/mol. The van der Waals surface area contributed by atoms with Crippen LogP contribution >= 0.6 is 0 Å². The van der Waals surface area contributed by atoms with Gasteiger partial charge in [0.25, 0.3) is 0 Å². The molecule has 55 heavy (non-hydrogen) atoms. The Morgan fingerprint density at radius 1 is 1.00 bits per heavy atom. The third kappa shape index (κ3) is 9.09. The monoisotopic (exact) mass is 774 g/mol. The number of hydrogen-bond acceptors (Lipinski definition) is 9. The van der Waals surface area contributed by atoms with Gasteiger partial charge in [0, 0.05) is 43.5 Å². The van der Waals surface area contributed by atoms with Crippen molar-refractivity contribution in [1.82, 2.24) is 20.6 Å². The summed E-state index contributed by atoms with van der Waals surface area (Å²) in [4.78, 5) is 49.5. The fourth-order valence-electron chi connectivity index (χ4n) is 12.7. The Hall–Kier alpha value is -1.83. The summed E-state index contributed by atoms with van der Waals surface area (Å²) in [7, 11) is 5.94. The molecule has 0 aromatic rings. The number of aliphatic hydroxyl groups excluding tert-OH is 2. The van der Waals surface area contributed by atoms with Crippen LogP contribution in [0, 0.1) is 58.7 Å². The number of amides is 3. The zero-order chi connectivity index (χ0) is 39.8. The van der Waals surface area contributed by atoms with Gasteiger partial charge in [0.1, 0.15) is 18.2 Å². The number of hydrogen-bond donors (Lipinski definition) is 5. The van der Waals surface area contributed by atoms with E-state index in [9.17, 15) is 24.6 Å². The maximum atomic E-state index is 14.3.